The van der Waals surface area contributed by atoms with E-state index >= 15 is 0 Å². The normalized spacial score (nSPS) is 14.1. The van der Waals surface area contributed by atoms with Crippen molar-refractivity contribution in [1.29, 1.82) is 0 Å². The third kappa shape index (κ3) is 64.7. The molecule has 458 valence electrons. The minimum absolute atomic E-state index is 0.0421. The Morgan fingerprint density at radius 2 is 0.642 bits per heavy atom. The lowest BCUT2D eigenvalue weighted by atomic mass is 10.0. The molecule has 0 saturated carbocycles. The molecule has 0 spiro atoms. The van der Waals surface area contributed by atoms with E-state index in [1.54, 1.807) is 0 Å². The number of carbonyl (C=O) groups excluding carboxylic acids is 2. The summed E-state index contributed by atoms with van der Waals surface area (Å²) in [5.74, 6) is -0.864. The fourth-order valence-electron chi connectivity index (χ4n) is 8.27. The first-order valence-electron chi connectivity index (χ1n) is 32.0. The molecule has 0 amide bonds. The molecule has 0 aliphatic rings. The van der Waals surface area contributed by atoms with Crippen LogP contribution in [0.1, 0.15) is 245 Å². The van der Waals surface area contributed by atoms with Gasteiger partial charge in [-0.1, -0.05) is 268 Å². The summed E-state index contributed by atoms with van der Waals surface area (Å²) >= 11 is 0. The van der Waals surface area contributed by atoms with Crippen molar-refractivity contribution in [2.45, 2.75) is 251 Å². The van der Waals surface area contributed by atoms with Crippen molar-refractivity contribution in [3.63, 3.8) is 0 Å². The number of phosphoric acid groups is 1. The Hall–Kier alpha value is -4.37. The second kappa shape index (κ2) is 64.8. The van der Waals surface area contributed by atoms with Crippen molar-refractivity contribution >= 4 is 19.8 Å². The van der Waals surface area contributed by atoms with E-state index in [1.165, 1.54) is 77.0 Å². The molecule has 0 aromatic carbocycles. The summed E-state index contributed by atoms with van der Waals surface area (Å²) in [7, 11) is -4.41. The molecule has 2 atom stereocenters. The SMILES string of the molecule is CC/C=C\C/C=C\C/C=C\C/C=C\C/C=C\C/C=C\C/C=C\CCCCCCCCCCCCCCCCCC(=O)OC(COC(=O)CCCCCC/C=C\C/C=C\C/C=C\C/C=C\C/C=C\C/C=C\CC)COP(=O)(O)OCCN. The van der Waals surface area contributed by atoms with E-state index in [0.717, 1.165) is 128 Å². The highest BCUT2D eigenvalue weighted by atomic mass is 31.2. The van der Waals surface area contributed by atoms with Crippen molar-refractivity contribution in [2.24, 2.45) is 5.73 Å². The van der Waals surface area contributed by atoms with Crippen LogP contribution in [0.3, 0.4) is 0 Å². The van der Waals surface area contributed by atoms with Crippen LogP contribution < -0.4 is 5.73 Å². The zero-order chi connectivity index (χ0) is 58.7. The molecule has 0 aliphatic heterocycles. The molecule has 0 bridgehead atoms. The van der Waals surface area contributed by atoms with Gasteiger partial charge in [-0.15, -0.1) is 0 Å². The Kier molecular flexibility index (Phi) is 61.3. The van der Waals surface area contributed by atoms with Crippen LogP contribution in [0, 0.1) is 0 Å². The van der Waals surface area contributed by atoms with E-state index in [9.17, 15) is 19.0 Å². The van der Waals surface area contributed by atoms with Crippen LogP contribution in [-0.2, 0) is 32.7 Å². The van der Waals surface area contributed by atoms with Crippen LogP contribution >= 0.6 is 7.82 Å². The standard InChI is InChI=1S/C71H116NO8P/c1-3-5-7-9-11-13-15-17-19-21-23-25-27-28-29-30-31-32-33-34-35-36-37-38-39-40-42-44-46-48-50-52-54-56-58-60-62-64-71(74)80-69(68-79-81(75,76)78-66-65-72)67-77-70(73)63-61-59-57-55-53-51-49-47-45-43-41-26-24-22-20-18-16-14-12-10-8-6-4-2/h5-8,11-14,17-20,23-26,28-29,31-32,34-35,43,45,49,51,69H,3-4,9-10,15-16,21-22,27,30,33,36-42,44,46-48,50,52-68,72H2,1-2H3,(H,75,76)/b7-5-,8-6-,13-11-,14-12-,19-17-,20-18-,25-23-,26-24-,29-28-,32-31-,35-34-,45-43-,51-49-. The fraction of sp³-hybridized carbons (Fsp3) is 0.606. The predicted molar refractivity (Wildman–Crippen MR) is 348 cm³/mol. The number of hydrogen-bond donors (Lipinski definition) is 2. The Morgan fingerprint density at radius 1 is 0.370 bits per heavy atom. The van der Waals surface area contributed by atoms with Gasteiger partial charge in [0.05, 0.1) is 13.2 Å². The molecule has 2 unspecified atom stereocenters. The average Bonchev–Trinajstić information content (AvgIpc) is 3.46. The number of allylic oxidation sites excluding steroid dienone is 26. The number of esters is 2. The average molecular weight is 1140 g/mol. The van der Waals surface area contributed by atoms with Gasteiger partial charge in [-0.3, -0.25) is 18.6 Å². The second-order valence-electron chi connectivity index (χ2n) is 20.5. The zero-order valence-electron chi connectivity index (χ0n) is 51.2. The molecular weight excluding hydrogens is 1030 g/mol. The van der Waals surface area contributed by atoms with Crippen molar-refractivity contribution in [3.05, 3.63) is 158 Å². The Morgan fingerprint density at radius 3 is 0.951 bits per heavy atom. The van der Waals surface area contributed by atoms with Crippen LogP contribution in [0.5, 0.6) is 0 Å². The molecule has 0 heterocycles. The van der Waals surface area contributed by atoms with Crippen molar-refractivity contribution in [3.8, 4) is 0 Å². The molecule has 0 fully saturated rings. The van der Waals surface area contributed by atoms with Gasteiger partial charge in [0.1, 0.15) is 6.61 Å². The minimum atomic E-state index is -4.41. The van der Waals surface area contributed by atoms with Crippen LogP contribution in [0.15, 0.2) is 158 Å². The minimum Gasteiger partial charge on any atom is -0.462 e. The first kappa shape index (κ1) is 76.6. The summed E-state index contributed by atoms with van der Waals surface area (Å²) in [6, 6.07) is 0. The molecule has 0 aliphatic carbocycles. The van der Waals surface area contributed by atoms with Crippen molar-refractivity contribution in [1.82, 2.24) is 0 Å². The number of rotatable bonds is 58. The summed E-state index contributed by atoms with van der Waals surface area (Å²) in [5.41, 5.74) is 5.39. The Balaban J connectivity index is 3.98. The molecule has 0 radical (unpaired) electrons. The van der Waals surface area contributed by atoms with Crippen molar-refractivity contribution < 1.29 is 37.6 Å². The first-order chi connectivity index (χ1) is 39.8. The number of carbonyl (C=O) groups is 2. The lowest BCUT2D eigenvalue weighted by molar-refractivity contribution is -0.161. The highest BCUT2D eigenvalue weighted by molar-refractivity contribution is 7.47. The van der Waals surface area contributed by atoms with Gasteiger partial charge in [0.2, 0.25) is 0 Å². The van der Waals surface area contributed by atoms with E-state index < -0.39 is 32.5 Å². The quantitative estimate of drug-likeness (QED) is 0.0264. The smallest absolute Gasteiger partial charge is 0.462 e. The summed E-state index contributed by atoms with van der Waals surface area (Å²) in [4.78, 5) is 35.3. The molecule has 10 heteroatoms. The van der Waals surface area contributed by atoms with E-state index in [0.29, 0.717) is 12.8 Å². The van der Waals surface area contributed by atoms with Gasteiger partial charge in [0, 0.05) is 19.4 Å². The van der Waals surface area contributed by atoms with Gasteiger partial charge < -0.3 is 20.1 Å². The highest BCUT2D eigenvalue weighted by Gasteiger charge is 2.26. The third-order valence-electron chi connectivity index (χ3n) is 12.9. The summed E-state index contributed by atoms with van der Waals surface area (Å²) in [6.45, 7) is 3.48. The van der Waals surface area contributed by atoms with Gasteiger partial charge in [-0.2, -0.15) is 0 Å². The third-order valence-corrected chi connectivity index (χ3v) is 13.9. The number of nitrogens with two attached hydrogens (primary N) is 1. The van der Waals surface area contributed by atoms with Crippen LogP contribution in [-0.4, -0.2) is 49.3 Å². The van der Waals surface area contributed by atoms with Gasteiger partial charge in [-0.25, -0.2) is 4.57 Å². The van der Waals surface area contributed by atoms with Crippen molar-refractivity contribution in [2.75, 3.05) is 26.4 Å². The van der Waals surface area contributed by atoms with Gasteiger partial charge in [0.25, 0.3) is 0 Å². The number of unbranched alkanes of at least 4 members (excludes halogenated alkanes) is 19. The first-order valence-corrected chi connectivity index (χ1v) is 33.5. The molecule has 0 rings (SSSR count). The molecule has 0 aromatic heterocycles. The van der Waals surface area contributed by atoms with Gasteiger partial charge in [0.15, 0.2) is 6.10 Å². The van der Waals surface area contributed by atoms with Crippen LogP contribution in [0.4, 0.5) is 0 Å². The molecule has 3 N–H and O–H groups in total. The van der Waals surface area contributed by atoms with Gasteiger partial charge >= 0.3 is 19.8 Å². The zero-order valence-corrected chi connectivity index (χ0v) is 52.1. The number of hydrogen-bond acceptors (Lipinski definition) is 8. The Labute approximate surface area is 496 Å². The van der Waals surface area contributed by atoms with E-state index in [1.807, 2.05) is 0 Å². The number of phosphoric ester groups is 1. The molecule has 9 nitrogen and oxygen atoms in total. The second-order valence-corrected chi connectivity index (χ2v) is 22.0. The lowest BCUT2D eigenvalue weighted by Crippen LogP contribution is -2.29. The van der Waals surface area contributed by atoms with E-state index in [4.69, 9.17) is 24.3 Å². The molecule has 81 heavy (non-hydrogen) atoms. The largest absolute Gasteiger partial charge is 0.472 e. The monoisotopic (exact) mass is 1140 g/mol. The topological polar surface area (TPSA) is 134 Å². The van der Waals surface area contributed by atoms with Gasteiger partial charge in [-0.05, 0) is 122 Å². The predicted octanol–water partition coefficient (Wildman–Crippen LogP) is 20.8. The lowest BCUT2D eigenvalue weighted by Gasteiger charge is -2.19. The maximum atomic E-state index is 12.7. The molecular formula is C71H116NO8P. The summed E-state index contributed by atoms with van der Waals surface area (Å²) in [6.07, 6.45) is 94.5. The summed E-state index contributed by atoms with van der Waals surface area (Å²) < 4.78 is 33.1. The summed E-state index contributed by atoms with van der Waals surface area (Å²) in [5, 5.41) is 0. The molecule has 0 aromatic rings. The van der Waals surface area contributed by atoms with Crippen LogP contribution in [0.25, 0.3) is 0 Å². The maximum absolute atomic E-state index is 12.7. The molecule has 0 saturated heterocycles. The van der Waals surface area contributed by atoms with Crippen LogP contribution in [0.2, 0.25) is 0 Å². The maximum Gasteiger partial charge on any atom is 0.472 e. The van der Waals surface area contributed by atoms with E-state index in [2.05, 4.69) is 172 Å². The number of ether oxygens (including phenoxy) is 2. The van der Waals surface area contributed by atoms with E-state index in [-0.39, 0.29) is 32.6 Å². The fourth-order valence-corrected chi connectivity index (χ4v) is 9.03. The highest BCUT2D eigenvalue weighted by Crippen LogP contribution is 2.43. The Bertz CT molecular complexity index is 1880.